The quantitative estimate of drug-likeness (QED) is 0.686. The smallest absolute Gasteiger partial charge is 0.158 e. The summed E-state index contributed by atoms with van der Waals surface area (Å²) in [4.78, 5) is 0. The standard InChI is InChI=1S/C9H16N4O/c1-13-8(6-14)11-12-9(13)7-3-2-4-10-5-7/h7,10,14H,2-6H2,1H3/t7-/m1/s1. The van der Waals surface area contributed by atoms with Crippen LogP contribution in [0.4, 0.5) is 0 Å². The van der Waals surface area contributed by atoms with Crippen molar-refractivity contribution in [3.05, 3.63) is 11.6 Å². The maximum Gasteiger partial charge on any atom is 0.158 e. The van der Waals surface area contributed by atoms with Crippen LogP contribution in [0.1, 0.15) is 30.4 Å². The van der Waals surface area contributed by atoms with E-state index in [2.05, 4.69) is 15.5 Å². The van der Waals surface area contributed by atoms with Crippen LogP contribution in [0.25, 0.3) is 0 Å². The van der Waals surface area contributed by atoms with Gasteiger partial charge in [0.15, 0.2) is 5.82 Å². The Labute approximate surface area is 83.2 Å². The first-order chi connectivity index (χ1) is 6.83. The average Bonchev–Trinajstić information content (AvgIpc) is 2.61. The minimum Gasteiger partial charge on any atom is -0.388 e. The van der Waals surface area contributed by atoms with Crippen molar-refractivity contribution in [2.75, 3.05) is 13.1 Å². The Morgan fingerprint density at radius 2 is 2.43 bits per heavy atom. The van der Waals surface area contributed by atoms with Gasteiger partial charge in [0.1, 0.15) is 12.4 Å². The van der Waals surface area contributed by atoms with Crippen LogP contribution in [0, 0.1) is 0 Å². The van der Waals surface area contributed by atoms with Crippen molar-refractivity contribution in [1.82, 2.24) is 20.1 Å². The zero-order valence-electron chi connectivity index (χ0n) is 8.40. The summed E-state index contributed by atoms with van der Waals surface area (Å²) in [5.41, 5.74) is 0. The average molecular weight is 196 g/mol. The third-order valence-electron chi connectivity index (χ3n) is 2.80. The first kappa shape index (κ1) is 9.61. The predicted octanol–water partition coefficient (Wildman–Crippen LogP) is -0.226. The lowest BCUT2D eigenvalue weighted by molar-refractivity contribution is 0.266. The molecule has 5 nitrogen and oxygen atoms in total. The summed E-state index contributed by atoms with van der Waals surface area (Å²) in [6, 6.07) is 0. The molecule has 1 aromatic heterocycles. The summed E-state index contributed by atoms with van der Waals surface area (Å²) in [7, 11) is 1.91. The lowest BCUT2D eigenvalue weighted by atomic mass is 9.99. The van der Waals surface area contributed by atoms with E-state index in [0.717, 1.165) is 25.3 Å². The summed E-state index contributed by atoms with van der Waals surface area (Å²) in [5, 5.41) is 20.4. The van der Waals surface area contributed by atoms with Crippen molar-refractivity contribution in [2.24, 2.45) is 7.05 Å². The summed E-state index contributed by atoms with van der Waals surface area (Å²) in [6.07, 6.45) is 2.34. The zero-order valence-corrected chi connectivity index (χ0v) is 8.40. The van der Waals surface area contributed by atoms with Gasteiger partial charge in [0.2, 0.25) is 0 Å². The van der Waals surface area contributed by atoms with Crippen LogP contribution >= 0.6 is 0 Å². The number of aliphatic hydroxyl groups excluding tert-OH is 1. The fourth-order valence-electron chi connectivity index (χ4n) is 1.94. The Hall–Kier alpha value is -0.940. The van der Waals surface area contributed by atoms with Crippen LogP contribution in [0.5, 0.6) is 0 Å². The Kier molecular flexibility index (Phi) is 2.79. The minimum absolute atomic E-state index is 0.0380. The molecule has 1 saturated heterocycles. The normalized spacial score (nSPS) is 22.6. The van der Waals surface area contributed by atoms with E-state index in [4.69, 9.17) is 5.11 Å². The van der Waals surface area contributed by atoms with Crippen molar-refractivity contribution >= 4 is 0 Å². The van der Waals surface area contributed by atoms with Crippen molar-refractivity contribution in [1.29, 1.82) is 0 Å². The molecule has 1 atom stereocenters. The number of rotatable bonds is 2. The van der Waals surface area contributed by atoms with E-state index >= 15 is 0 Å². The first-order valence-corrected chi connectivity index (χ1v) is 5.02. The highest BCUT2D eigenvalue weighted by atomic mass is 16.3. The van der Waals surface area contributed by atoms with Crippen LogP contribution in [0.3, 0.4) is 0 Å². The monoisotopic (exact) mass is 196 g/mol. The van der Waals surface area contributed by atoms with E-state index < -0.39 is 0 Å². The fraction of sp³-hybridized carbons (Fsp3) is 0.778. The van der Waals surface area contributed by atoms with E-state index in [-0.39, 0.29) is 6.61 Å². The van der Waals surface area contributed by atoms with Gasteiger partial charge in [-0.2, -0.15) is 0 Å². The van der Waals surface area contributed by atoms with Crippen LogP contribution < -0.4 is 5.32 Å². The van der Waals surface area contributed by atoms with Crippen molar-refractivity contribution in [2.45, 2.75) is 25.4 Å². The molecule has 0 radical (unpaired) electrons. The molecule has 1 fully saturated rings. The molecule has 0 aliphatic carbocycles. The molecule has 0 unspecified atom stereocenters. The second-order valence-electron chi connectivity index (χ2n) is 3.73. The van der Waals surface area contributed by atoms with E-state index in [1.54, 1.807) is 0 Å². The Morgan fingerprint density at radius 3 is 3.00 bits per heavy atom. The number of piperidine rings is 1. The van der Waals surface area contributed by atoms with Gasteiger partial charge in [-0.3, -0.25) is 0 Å². The maximum atomic E-state index is 8.99. The summed E-state index contributed by atoms with van der Waals surface area (Å²) >= 11 is 0. The topological polar surface area (TPSA) is 63.0 Å². The molecule has 0 saturated carbocycles. The third kappa shape index (κ3) is 1.65. The van der Waals surface area contributed by atoms with Crippen molar-refractivity contribution < 1.29 is 5.11 Å². The van der Waals surface area contributed by atoms with Crippen LogP contribution in [0.15, 0.2) is 0 Å². The van der Waals surface area contributed by atoms with Gasteiger partial charge in [-0.05, 0) is 19.4 Å². The van der Waals surface area contributed by atoms with E-state index in [0.29, 0.717) is 11.7 Å². The molecule has 2 rings (SSSR count). The van der Waals surface area contributed by atoms with Gasteiger partial charge in [0.05, 0.1) is 0 Å². The molecule has 0 amide bonds. The number of hydrogen-bond acceptors (Lipinski definition) is 4. The highest BCUT2D eigenvalue weighted by Crippen LogP contribution is 2.21. The maximum absolute atomic E-state index is 8.99. The second-order valence-corrected chi connectivity index (χ2v) is 3.73. The molecule has 0 spiro atoms. The van der Waals surface area contributed by atoms with Crippen molar-refractivity contribution in [3.63, 3.8) is 0 Å². The number of aliphatic hydroxyl groups is 1. The summed E-state index contributed by atoms with van der Waals surface area (Å²) in [6.45, 7) is 2.03. The zero-order chi connectivity index (χ0) is 9.97. The van der Waals surface area contributed by atoms with Gasteiger partial charge < -0.3 is 15.0 Å². The molecule has 1 aromatic rings. The fourth-order valence-corrected chi connectivity index (χ4v) is 1.94. The highest BCUT2D eigenvalue weighted by Gasteiger charge is 2.20. The molecule has 1 aliphatic rings. The molecule has 2 N–H and O–H groups in total. The lowest BCUT2D eigenvalue weighted by Crippen LogP contribution is -2.29. The van der Waals surface area contributed by atoms with Crippen molar-refractivity contribution in [3.8, 4) is 0 Å². The third-order valence-corrected chi connectivity index (χ3v) is 2.80. The number of nitrogens with one attached hydrogen (secondary N) is 1. The Bertz CT molecular complexity index is 304. The summed E-state index contributed by atoms with van der Waals surface area (Å²) < 4.78 is 1.90. The van der Waals surface area contributed by atoms with Crippen LogP contribution in [0.2, 0.25) is 0 Å². The van der Waals surface area contributed by atoms with Gasteiger partial charge in [0, 0.05) is 19.5 Å². The molecular weight excluding hydrogens is 180 g/mol. The molecule has 0 bridgehead atoms. The van der Waals surface area contributed by atoms with Gasteiger partial charge in [-0.15, -0.1) is 10.2 Å². The Balaban J connectivity index is 2.18. The lowest BCUT2D eigenvalue weighted by Gasteiger charge is -2.21. The van der Waals surface area contributed by atoms with Gasteiger partial charge in [0.25, 0.3) is 0 Å². The molecule has 5 heteroatoms. The minimum atomic E-state index is -0.0380. The molecule has 14 heavy (non-hydrogen) atoms. The van der Waals surface area contributed by atoms with Gasteiger partial charge in [-0.25, -0.2) is 0 Å². The first-order valence-electron chi connectivity index (χ1n) is 5.02. The van der Waals surface area contributed by atoms with E-state index in [9.17, 15) is 0 Å². The second kappa shape index (κ2) is 4.06. The molecule has 2 heterocycles. The number of nitrogens with zero attached hydrogens (tertiary/aromatic N) is 3. The predicted molar refractivity (Wildman–Crippen MR) is 51.8 cm³/mol. The highest BCUT2D eigenvalue weighted by molar-refractivity contribution is 5.02. The molecule has 78 valence electrons. The SMILES string of the molecule is Cn1c(CO)nnc1[C@@H]1CCCNC1. The van der Waals surface area contributed by atoms with Gasteiger partial charge in [-0.1, -0.05) is 0 Å². The van der Waals surface area contributed by atoms with Crippen LogP contribution in [-0.4, -0.2) is 33.0 Å². The Morgan fingerprint density at radius 1 is 1.57 bits per heavy atom. The summed E-state index contributed by atoms with van der Waals surface area (Å²) in [5.74, 6) is 2.08. The van der Waals surface area contributed by atoms with Gasteiger partial charge >= 0.3 is 0 Å². The van der Waals surface area contributed by atoms with E-state index in [1.165, 1.54) is 6.42 Å². The van der Waals surface area contributed by atoms with Crippen LogP contribution in [-0.2, 0) is 13.7 Å². The number of hydrogen-bond donors (Lipinski definition) is 2. The molecule has 1 aliphatic heterocycles. The number of aromatic nitrogens is 3. The van der Waals surface area contributed by atoms with E-state index in [1.807, 2.05) is 11.6 Å². The largest absolute Gasteiger partial charge is 0.388 e. The molecular formula is C9H16N4O. The molecule has 0 aromatic carbocycles.